The van der Waals surface area contributed by atoms with Gasteiger partial charge in [0.1, 0.15) is 0 Å². The van der Waals surface area contributed by atoms with Gasteiger partial charge in [0.25, 0.3) is 0 Å². The van der Waals surface area contributed by atoms with Crippen molar-refractivity contribution in [1.29, 1.82) is 0 Å². The quantitative estimate of drug-likeness (QED) is 0.402. The molecule has 0 saturated carbocycles. The topological polar surface area (TPSA) is 0 Å². The van der Waals surface area contributed by atoms with Crippen LogP contribution in [0.2, 0.25) is 0 Å². The fraction of sp³-hybridized carbons (Fsp3) is 0.700. The predicted molar refractivity (Wildman–Crippen MR) is 47.9 cm³/mol. The van der Waals surface area contributed by atoms with Crippen molar-refractivity contribution in [2.75, 3.05) is 0 Å². The lowest BCUT2D eigenvalue weighted by Gasteiger charge is -1.98. The van der Waals surface area contributed by atoms with Crippen molar-refractivity contribution >= 4 is 0 Å². The second kappa shape index (κ2) is 6.85. The summed E-state index contributed by atoms with van der Waals surface area (Å²) < 4.78 is 0. The third-order valence-corrected chi connectivity index (χ3v) is 1.77. The highest BCUT2D eigenvalue weighted by Gasteiger charge is 1.87. The highest BCUT2D eigenvalue weighted by atomic mass is 13.9. The van der Waals surface area contributed by atoms with E-state index in [0.717, 1.165) is 6.42 Å². The van der Waals surface area contributed by atoms with Crippen molar-refractivity contribution in [3.8, 4) is 0 Å². The summed E-state index contributed by atoms with van der Waals surface area (Å²) in [5, 5.41) is 0. The molecule has 0 aliphatic rings. The van der Waals surface area contributed by atoms with Crippen LogP contribution < -0.4 is 0 Å². The van der Waals surface area contributed by atoms with Gasteiger partial charge in [0.05, 0.1) is 0 Å². The molecule has 0 saturated heterocycles. The van der Waals surface area contributed by atoms with Crippen LogP contribution in [0.5, 0.6) is 0 Å². The van der Waals surface area contributed by atoms with Crippen LogP contribution in [0.3, 0.4) is 0 Å². The fourth-order valence-electron chi connectivity index (χ4n) is 0.933. The van der Waals surface area contributed by atoms with Gasteiger partial charge in [0.15, 0.2) is 0 Å². The zero-order valence-electron chi connectivity index (χ0n) is 7.32. The smallest absolute Gasteiger partial charge is 0.0320 e. The van der Waals surface area contributed by atoms with Gasteiger partial charge in [0.2, 0.25) is 0 Å². The molecule has 0 aromatic rings. The van der Waals surface area contributed by atoms with Gasteiger partial charge in [-0.25, -0.2) is 0 Å². The summed E-state index contributed by atoms with van der Waals surface area (Å²) in [5.74, 6) is 0. The lowest BCUT2D eigenvalue weighted by molar-refractivity contribution is 0.804. The van der Waals surface area contributed by atoms with E-state index in [-0.39, 0.29) is 0 Å². The molecule has 1 radical (unpaired) electrons. The molecule has 0 heteroatoms. The molecule has 0 amide bonds. The van der Waals surface area contributed by atoms with Crippen LogP contribution in [-0.4, -0.2) is 0 Å². The molecule has 0 atom stereocenters. The molecule has 0 N–H and O–H groups in total. The number of unbranched alkanes of at least 4 members (excludes halogenated alkanes) is 2. The van der Waals surface area contributed by atoms with E-state index in [2.05, 4.69) is 26.8 Å². The van der Waals surface area contributed by atoms with Crippen molar-refractivity contribution < 1.29 is 0 Å². The van der Waals surface area contributed by atoms with Gasteiger partial charge in [-0.3, -0.25) is 0 Å². The Morgan fingerprint density at radius 1 is 1.40 bits per heavy atom. The van der Waals surface area contributed by atoms with Crippen LogP contribution in [0.4, 0.5) is 0 Å². The zero-order valence-corrected chi connectivity index (χ0v) is 7.32. The molecule has 0 unspecified atom stereocenters. The summed E-state index contributed by atoms with van der Waals surface area (Å²) in [4.78, 5) is 0. The third kappa shape index (κ3) is 4.60. The fourth-order valence-corrected chi connectivity index (χ4v) is 0.933. The first kappa shape index (κ1) is 9.74. The SMILES string of the molecule is [CH2]CC(=CCCCC)CC. The van der Waals surface area contributed by atoms with Crippen LogP contribution in [-0.2, 0) is 0 Å². The first-order chi connectivity index (χ1) is 4.85. The number of hydrogen-bond donors (Lipinski definition) is 0. The second-order valence-electron chi connectivity index (χ2n) is 2.61. The summed E-state index contributed by atoms with van der Waals surface area (Å²) in [6.45, 7) is 8.29. The van der Waals surface area contributed by atoms with E-state index in [4.69, 9.17) is 0 Å². The monoisotopic (exact) mass is 139 g/mol. The zero-order chi connectivity index (χ0) is 7.82. The molecule has 0 aliphatic heterocycles. The third-order valence-electron chi connectivity index (χ3n) is 1.77. The number of allylic oxidation sites excluding steroid dienone is 2. The van der Waals surface area contributed by atoms with Crippen molar-refractivity contribution in [3.05, 3.63) is 18.6 Å². The van der Waals surface area contributed by atoms with Crippen LogP contribution in [0.1, 0.15) is 46.0 Å². The molecular weight excluding hydrogens is 120 g/mol. The molecule has 59 valence electrons. The summed E-state index contributed by atoms with van der Waals surface area (Å²) in [6, 6.07) is 0. The summed E-state index contributed by atoms with van der Waals surface area (Å²) in [5.41, 5.74) is 1.51. The van der Waals surface area contributed by atoms with Gasteiger partial charge in [-0.1, -0.05) is 38.3 Å². The molecule has 0 spiro atoms. The molecule has 0 rings (SSSR count). The van der Waals surface area contributed by atoms with Gasteiger partial charge >= 0.3 is 0 Å². The maximum atomic E-state index is 3.87. The van der Waals surface area contributed by atoms with E-state index in [1.807, 2.05) is 0 Å². The lowest BCUT2D eigenvalue weighted by Crippen LogP contribution is -1.78. The average molecular weight is 139 g/mol. The van der Waals surface area contributed by atoms with Crippen molar-refractivity contribution in [2.45, 2.75) is 46.0 Å². The molecule has 0 fully saturated rings. The van der Waals surface area contributed by atoms with Crippen molar-refractivity contribution in [3.63, 3.8) is 0 Å². The first-order valence-electron chi connectivity index (χ1n) is 4.32. The van der Waals surface area contributed by atoms with E-state index in [1.165, 1.54) is 31.3 Å². The highest BCUT2D eigenvalue weighted by Crippen LogP contribution is 2.07. The molecule has 10 heavy (non-hydrogen) atoms. The van der Waals surface area contributed by atoms with Gasteiger partial charge in [-0.05, 0) is 26.2 Å². The lowest BCUT2D eigenvalue weighted by atomic mass is 10.1. The summed E-state index contributed by atoms with van der Waals surface area (Å²) in [7, 11) is 0. The molecule has 0 bridgehead atoms. The van der Waals surface area contributed by atoms with E-state index in [1.54, 1.807) is 0 Å². The highest BCUT2D eigenvalue weighted by molar-refractivity contribution is 5.01. The molecule has 0 aromatic carbocycles. The average Bonchev–Trinajstić information content (AvgIpc) is 1.99. The van der Waals surface area contributed by atoms with Crippen LogP contribution >= 0.6 is 0 Å². The Labute approximate surface area is 65.3 Å². The van der Waals surface area contributed by atoms with Gasteiger partial charge in [-0.15, -0.1) is 0 Å². The van der Waals surface area contributed by atoms with Gasteiger partial charge < -0.3 is 0 Å². The molecule has 0 aliphatic carbocycles. The maximum Gasteiger partial charge on any atom is -0.0320 e. The Balaban J connectivity index is 3.43. The van der Waals surface area contributed by atoms with E-state index in [9.17, 15) is 0 Å². The number of hydrogen-bond acceptors (Lipinski definition) is 0. The van der Waals surface area contributed by atoms with Crippen LogP contribution in [0.15, 0.2) is 11.6 Å². The Bertz CT molecular complexity index is 84.2. The van der Waals surface area contributed by atoms with Crippen LogP contribution in [0.25, 0.3) is 0 Å². The normalized spacial score (nSPS) is 12.1. The van der Waals surface area contributed by atoms with Crippen LogP contribution in [0, 0.1) is 6.92 Å². The van der Waals surface area contributed by atoms with Gasteiger partial charge in [-0.2, -0.15) is 0 Å². The van der Waals surface area contributed by atoms with Crippen molar-refractivity contribution in [2.24, 2.45) is 0 Å². The minimum atomic E-state index is 0.986. The summed E-state index contributed by atoms with van der Waals surface area (Å²) in [6.07, 6.45) is 8.37. The van der Waals surface area contributed by atoms with E-state index >= 15 is 0 Å². The Morgan fingerprint density at radius 3 is 2.50 bits per heavy atom. The standard InChI is InChI=1S/C10H19/c1-4-7-8-9-10(5-2)6-3/h9H,2,4-8H2,1,3H3. The molecule has 0 heterocycles. The number of rotatable bonds is 5. The molecular formula is C10H19. The minimum Gasteiger partial charge on any atom is -0.0853 e. The molecule has 0 aromatic heterocycles. The van der Waals surface area contributed by atoms with E-state index < -0.39 is 0 Å². The largest absolute Gasteiger partial charge is 0.0853 e. The predicted octanol–water partition coefficient (Wildman–Crippen LogP) is 3.74. The van der Waals surface area contributed by atoms with E-state index in [0.29, 0.717) is 0 Å². The molecule has 0 nitrogen and oxygen atoms in total. The first-order valence-corrected chi connectivity index (χ1v) is 4.32. The second-order valence-corrected chi connectivity index (χ2v) is 2.61. The maximum absolute atomic E-state index is 3.87. The Morgan fingerprint density at radius 2 is 2.10 bits per heavy atom. The Kier molecular flexibility index (Phi) is 6.68. The Hall–Kier alpha value is -0.260. The van der Waals surface area contributed by atoms with Gasteiger partial charge in [0, 0.05) is 0 Å². The summed E-state index contributed by atoms with van der Waals surface area (Å²) >= 11 is 0. The van der Waals surface area contributed by atoms with Crippen molar-refractivity contribution in [1.82, 2.24) is 0 Å². The minimum absolute atomic E-state index is 0.986.